The van der Waals surface area contributed by atoms with Gasteiger partial charge in [0.1, 0.15) is 0 Å². The van der Waals surface area contributed by atoms with Gasteiger partial charge in [0.15, 0.2) is 0 Å². The van der Waals surface area contributed by atoms with Crippen LogP contribution in [-0.4, -0.2) is 34.7 Å². The molecule has 1 aliphatic rings. The number of aliphatic hydroxyl groups is 1. The molecule has 0 radical (unpaired) electrons. The maximum absolute atomic E-state index is 11.9. The normalized spacial score (nSPS) is 25.8. The van der Waals surface area contributed by atoms with E-state index in [0.717, 1.165) is 22.8 Å². The first-order valence-corrected chi connectivity index (χ1v) is 7.75. The van der Waals surface area contributed by atoms with Crippen LogP contribution in [0.5, 0.6) is 0 Å². The smallest absolute Gasteiger partial charge is 0.228 e. The molecule has 1 fully saturated rings. The molecule has 2 rings (SSSR count). The highest BCUT2D eigenvalue weighted by Gasteiger charge is 2.32. The van der Waals surface area contributed by atoms with Crippen molar-refractivity contribution in [2.45, 2.75) is 24.9 Å². The summed E-state index contributed by atoms with van der Waals surface area (Å²) in [5.74, 6) is 1.57. The standard InChI is InChI=1S/C12H17NO2S2/c1-9(10-3-2-5-17-10)11(14)13-7-12(15)4-6-16-8-12/h2-3,5,9,15H,4,6-8H2,1H3,(H,13,14). The SMILES string of the molecule is CC(C(=O)NCC1(O)CCSC1)c1cccs1. The molecule has 2 N–H and O–H groups in total. The van der Waals surface area contributed by atoms with Gasteiger partial charge in [0.05, 0.1) is 11.5 Å². The summed E-state index contributed by atoms with van der Waals surface area (Å²) in [6.45, 7) is 2.27. The predicted octanol–water partition coefficient (Wildman–Crippen LogP) is 1.84. The van der Waals surface area contributed by atoms with Gasteiger partial charge < -0.3 is 10.4 Å². The molecule has 5 heteroatoms. The Labute approximate surface area is 110 Å². The monoisotopic (exact) mass is 271 g/mol. The molecule has 1 aromatic heterocycles. The molecule has 94 valence electrons. The highest BCUT2D eigenvalue weighted by molar-refractivity contribution is 7.99. The largest absolute Gasteiger partial charge is 0.387 e. The van der Waals surface area contributed by atoms with Gasteiger partial charge in [0.25, 0.3) is 0 Å². The predicted molar refractivity (Wildman–Crippen MR) is 72.6 cm³/mol. The van der Waals surface area contributed by atoms with Crippen molar-refractivity contribution in [2.24, 2.45) is 0 Å². The van der Waals surface area contributed by atoms with Gasteiger partial charge in [-0.2, -0.15) is 11.8 Å². The third-order valence-electron chi connectivity index (χ3n) is 3.04. The van der Waals surface area contributed by atoms with Crippen LogP contribution < -0.4 is 5.32 Å². The number of nitrogens with one attached hydrogen (secondary N) is 1. The second kappa shape index (κ2) is 5.42. The number of hydrogen-bond acceptors (Lipinski definition) is 4. The Morgan fingerprint density at radius 1 is 1.71 bits per heavy atom. The van der Waals surface area contributed by atoms with Crippen molar-refractivity contribution < 1.29 is 9.90 Å². The lowest BCUT2D eigenvalue weighted by atomic mass is 10.0. The second-order valence-electron chi connectivity index (χ2n) is 4.48. The Balaban J connectivity index is 1.85. The lowest BCUT2D eigenvalue weighted by molar-refractivity contribution is -0.123. The Morgan fingerprint density at radius 2 is 2.53 bits per heavy atom. The topological polar surface area (TPSA) is 49.3 Å². The number of rotatable bonds is 4. The van der Waals surface area contributed by atoms with E-state index in [9.17, 15) is 9.90 Å². The maximum Gasteiger partial charge on any atom is 0.228 e. The summed E-state index contributed by atoms with van der Waals surface area (Å²) in [7, 11) is 0. The van der Waals surface area contributed by atoms with Gasteiger partial charge in [-0.3, -0.25) is 4.79 Å². The van der Waals surface area contributed by atoms with E-state index >= 15 is 0 Å². The van der Waals surface area contributed by atoms with Gasteiger partial charge in [0.2, 0.25) is 5.91 Å². The molecule has 0 aromatic carbocycles. The van der Waals surface area contributed by atoms with Crippen molar-refractivity contribution in [1.82, 2.24) is 5.32 Å². The fourth-order valence-corrected chi connectivity index (χ4v) is 3.89. The van der Waals surface area contributed by atoms with Gasteiger partial charge in [-0.25, -0.2) is 0 Å². The van der Waals surface area contributed by atoms with Gasteiger partial charge in [-0.15, -0.1) is 11.3 Å². The number of carbonyl (C=O) groups excluding carboxylic acids is 1. The van der Waals surface area contributed by atoms with E-state index in [1.54, 1.807) is 23.1 Å². The third kappa shape index (κ3) is 3.24. The maximum atomic E-state index is 11.9. The molecule has 0 aliphatic carbocycles. The Morgan fingerprint density at radius 3 is 3.12 bits per heavy atom. The molecule has 2 unspecified atom stereocenters. The molecule has 1 saturated heterocycles. The second-order valence-corrected chi connectivity index (χ2v) is 6.57. The van der Waals surface area contributed by atoms with E-state index in [1.807, 2.05) is 24.4 Å². The number of hydrogen-bond donors (Lipinski definition) is 2. The van der Waals surface area contributed by atoms with Crippen LogP contribution in [0.25, 0.3) is 0 Å². The van der Waals surface area contributed by atoms with Crippen LogP contribution in [0.4, 0.5) is 0 Å². The van der Waals surface area contributed by atoms with E-state index in [4.69, 9.17) is 0 Å². The highest BCUT2D eigenvalue weighted by atomic mass is 32.2. The summed E-state index contributed by atoms with van der Waals surface area (Å²) in [6.07, 6.45) is 0.769. The minimum absolute atomic E-state index is 0.00206. The van der Waals surface area contributed by atoms with Crippen molar-refractivity contribution in [3.63, 3.8) is 0 Å². The molecule has 2 atom stereocenters. The number of carbonyl (C=O) groups is 1. The molecule has 0 saturated carbocycles. The van der Waals surface area contributed by atoms with Crippen LogP contribution in [0.3, 0.4) is 0 Å². The van der Waals surface area contributed by atoms with E-state index in [2.05, 4.69) is 5.32 Å². The highest BCUT2D eigenvalue weighted by Crippen LogP contribution is 2.27. The van der Waals surface area contributed by atoms with Crippen molar-refractivity contribution in [1.29, 1.82) is 0 Å². The zero-order valence-electron chi connectivity index (χ0n) is 9.81. The average Bonchev–Trinajstić information content (AvgIpc) is 2.96. The van der Waals surface area contributed by atoms with Crippen LogP contribution >= 0.6 is 23.1 Å². The summed E-state index contributed by atoms with van der Waals surface area (Å²) < 4.78 is 0. The molecule has 2 heterocycles. The number of thiophene rings is 1. The summed E-state index contributed by atoms with van der Waals surface area (Å²) >= 11 is 3.33. The zero-order chi connectivity index (χ0) is 12.3. The summed E-state index contributed by atoms with van der Waals surface area (Å²) in [5.41, 5.74) is -0.699. The van der Waals surface area contributed by atoms with Crippen molar-refractivity contribution in [3.8, 4) is 0 Å². The minimum atomic E-state index is -0.699. The first-order valence-electron chi connectivity index (χ1n) is 5.72. The first-order chi connectivity index (χ1) is 8.11. The van der Waals surface area contributed by atoms with Crippen LogP contribution in [0.2, 0.25) is 0 Å². The fraction of sp³-hybridized carbons (Fsp3) is 0.583. The zero-order valence-corrected chi connectivity index (χ0v) is 11.4. The molecule has 1 aliphatic heterocycles. The number of thioether (sulfide) groups is 1. The molecular formula is C12H17NO2S2. The average molecular weight is 271 g/mol. The Bertz CT molecular complexity index is 372. The van der Waals surface area contributed by atoms with Gasteiger partial charge in [-0.05, 0) is 30.5 Å². The van der Waals surface area contributed by atoms with Gasteiger partial charge in [0, 0.05) is 17.2 Å². The molecular weight excluding hydrogens is 254 g/mol. The van der Waals surface area contributed by atoms with E-state index < -0.39 is 5.60 Å². The van der Waals surface area contributed by atoms with Crippen molar-refractivity contribution >= 4 is 29.0 Å². The van der Waals surface area contributed by atoms with Crippen molar-refractivity contribution in [3.05, 3.63) is 22.4 Å². The first kappa shape index (κ1) is 12.9. The molecule has 0 spiro atoms. The molecule has 3 nitrogen and oxygen atoms in total. The molecule has 17 heavy (non-hydrogen) atoms. The number of amides is 1. The lowest BCUT2D eigenvalue weighted by Crippen LogP contribution is -2.44. The van der Waals surface area contributed by atoms with Gasteiger partial charge in [-0.1, -0.05) is 6.07 Å². The van der Waals surface area contributed by atoms with Crippen LogP contribution in [0, 0.1) is 0 Å². The van der Waals surface area contributed by atoms with E-state index in [0.29, 0.717) is 6.54 Å². The van der Waals surface area contributed by atoms with Crippen LogP contribution in [0.1, 0.15) is 24.1 Å². The Hall–Kier alpha value is -0.520. The van der Waals surface area contributed by atoms with Gasteiger partial charge >= 0.3 is 0 Å². The van der Waals surface area contributed by atoms with E-state index in [1.165, 1.54) is 0 Å². The molecule has 1 amide bonds. The molecule has 0 bridgehead atoms. The third-order valence-corrected chi connectivity index (χ3v) is 5.33. The minimum Gasteiger partial charge on any atom is -0.387 e. The lowest BCUT2D eigenvalue weighted by Gasteiger charge is -2.22. The van der Waals surface area contributed by atoms with Crippen LogP contribution in [-0.2, 0) is 4.79 Å². The quantitative estimate of drug-likeness (QED) is 0.878. The van der Waals surface area contributed by atoms with Crippen LogP contribution in [0.15, 0.2) is 17.5 Å². The Kier molecular flexibility index (Phi) is 4.12. The molecule has 1 aromatic rings. The van der Waals surface area contributed by atoms with E-state index in [-0.39, 0.29) is 11.8 Å². The summed E-state index contributed by atoms with van der Waals surface area (Å²) in [6, 6.07) is 3.92. The summed E-state index contributed by atoms with van der Waals surface area (Å²) in [5, 5.41) is 14.9. The van der Waals surface area contributed by atoms with Crippen molar-refractivity contribution in [2.75, 3.05) is 18.1 Å². The fourth-order valence-electron chi connectivity index (χ4n) is 1.81. The summed E-state index contributed by atoms with van der Waals surface area (Å²) in [4.78, 5) is 13.0.